The lowest BCUT2D eigenvalue weighted by Crippen LogP contribution is -2.39. The van der Waals surface area contributed by atoms with E-state index in [1.54, 1.807) is 19.6 Å². The SMILES string of the molecule is COc1ccc2c(c1)CCC1C2=CC[C@]2(C)C(C(C)=O)CCC12. The van der Waals surface area contributed by atoms with Crippen LogP contribution in [0.4, 0.5) is 0 Å². The first-order valence-electron chi connectivity index (χ1n) is 8.92. The molecule has 0 aliphatic heterocycles. The number of ether oxygens (including phenoxy) is 1. The number of carbonyl (C=O) groups is 1. The zero-order valence-corrected chi connectivity index (χ0v) is 14.4. The summed E-state index contributed by atoms with van der Waals surface area (Å²) in [5.74, 6) is 2.93. The zero-order valence-electron chi connectivity index (χ0n) is 14.4. The Hall–Kier alpha value is -1.57. The molecule has 3 unspecified atom stereocenters. The number of rotatable bonds is 2. The first kappa shape index (κ1) is 15.0. The number of benzene rings is 1. The highest BCUT2D eigenvalue weighted by Gasteiger charge is 2.53. The maximum Gasteiger partial charge on any atom is 0.133 e. The van der Waals surface area contributed by atoms with Gasteiger partial charge < -0.3 is 4.74 Å². The minimum atomic E-state index is 0.184. The van der Waals surface area contributed by atoms with Crippen LogP contribution in [0.25, 0.3) is 5.57 Å². The van der Waals surface area contributed by atoms with Crippen LogP contribution < -0.4 is 4.74 Å². The first-order valence-corrected chi connectivity index (χ1v) is 8.92. The number of aryl methyl sites for hydroxylation is 1. The Morgan fingerprint density at radius 2 is 2.09 bits per heavy atom. The number of fused-ring (bicyclic) bond motifs is 5. The number of hydrogen-bond donors (Lipinski definition) is 0. The van der Waals surface area contributed by atoms with Crippen LogP contribution in [-0.2, 0) is 11.2 Å². The summed E-state index contributed by atoms with van der Waals surface area (Å²) < 4.78 is 5.39. The van der Waals surface area contributed by atoms with Crippen molar-refractivity contribution in [2.75, 3.05) is 7.11 Å². The smallest absolute Gasteiger partial charge is 0.133 e. The molecule has 1 saturated carbocycles. The van der Waals surface area contributed by atoms with E-state index in [2.05, 4.69) is 31.2 Å². The van der Waals surface area contributed by atoms with Gasteiger partial charge in [0.2, 0.25) is 0 Å². The second-order valence-electron chi connectivity index (χ2n) is 7.88. The Morgan fingerprint density at radius 1 is 1.26 bits per heavy atom. The average molecular weight is 310 g/mol. The predicted octanol–water partition coefficient (Wildman–Crippen LogP) is 4.67. The van der Waals surface area contributed by atoms with Gasteiger partial charge in [0.25, 0.3) is 0 Å². The monoisotopic (exact) mass is 310 g/mol. The second-order valence-corrected chi connectivity index (χ2v) is 7.88. The summed E-state index contributed by atoms with van der Waals surface area (Å²) in [6, 6.07) is 6.53. The number of allylic oxidation sites excluding steroid dienone is 2. The molecule has 0 saturated heterocycles. The third-order valence-electron chi connectivity index (χ3n) is 6.90. The van der Waals surface area contributed by atoms with Crippen LogP contribution in [-0.4, -0.2) is 12.9 Å². The molecule has 23 heavy (non-hydrogen) atoms. The maximum atomic E-state index is 12.1. The molecule has 0 bridgehead atoms. The number of ketones is 1. The third-order valence-corrected chi connectivity index (χ3v) is 6.90. The van der Waals surface area contributed by atoms with E-state index in [-0.39, 0.29) is 11.3 Å². The molecule has 0 amide bonds. The standard InChI is InChI=1S/C21H26O2/c1-13(22)19-8-9-20-18-6-4-14-12-15(23-3)5-7-16(14)17(18)10-11-21(19,20)2/h5,7,10,12,18-20H,4,6,8-9,11H2,1-3H3/t18?,19?,20?,21-/m1/s1. The van der Waals surface area contributed by atoms with Gasteiger partial charge in [0, 0.05) is 5.92 Å². The van der Waals surface area contributed by atoms with E-state index in [1.165, 1.54) is 24.0 Å². The molecule has 122 valence electrons. The lowest BCUT2D eigenvalue weighted by Gasteiger charge is -2.46. The highest BCUT2D eigenvalue weighted by molar-refractivity contribution is 5.81. The van der Waals surface area contributed by atoms with Gasteiger partial charge in [0.05, 0.1) is 7.11 Å². The van der Waals surface area contributed by atoms with Crippen molar-refractivity contribution < 1.29 is 9.53 Å². The topological polar surface area (TPSA) is 26.3 Å². The molecule has 1 fully saturated rings. The van der Waals surface area contributed by atoms with E-state index >= 15 is 0 Å². The predicted molar refractivity (Wildman–Crippen MR) is 92.4 cm³/mol. The van der Waals surface area contributed by atoms with Crippen LogP contribution in [0.2, 0.25) is 0 Å². The fraction of sp³-hybridized carbons (Fsp3) is 0.571. The van der Waals surface area contributed by atoms with Crippen molar-refractivity contribution in [2.24, 2.45) is 23.2 Å². The second kappa shape index (κ2) is 5.22. The van der Waals surface area contributed by atoms with E-state index in [4.69, 9.17) is 4.74 Å². The molecule has 0 radical (unpaired) electrons. The van der Waals surface area contributed by atoms with Gasteiger partial charge in [-0.25, -0.2) is 0 Å². The molecule has 3 aliphatic rings. The molecular formula is C21H26O2. The lowest BCUT2D eigenvalue weighted by atomic mass is 9.58. The third kappa shape index (κ3) is 2.10. The Balaban J connectivity index is 1.74. The van der Waals surface area contributed by atoms with Crippen LogP contribution in [0.1, 0.15) is 50.7 Å². The molecule has 4 atom stereocenters. The molecule has 2 heteroatoms. The van der Waals surface area contributed by atoms with Crippen molar-refractivity contribution in [3.63, 3.8) is 0 Å². The Labute approximate surface area is 138 Å². The molecule has 1 aromatic carbocycles. The highest BCUT2D eigenvalue weighted by Crippen LogP contribution is 2.60. The summed E-state index contributed by atoms with van der Waals surface area (Å²) >= 11 is 0. The number of Topliss-reactive ketones (excluding diaryl/α,β-unsaturated/α-hetero) is 1. The number of hydrogen-bond acceptors (Lipinski definition) is 2. The van der Waals surface area contributed by atoms with Gasteiger partial charge in [-0.15, -0.1) is 0 Å². The van der Waals surface area contributed by atoms with Gasteiger partial charge in [0.15, 0.2) is 0 Å². The van der Waals surface area contributed by atoms with Crippen molar-refractivity contribution in [1.29, 1.82) is 0 Å². The minimum absolute atomic E-state index is 0.184. The van der Waals surface area contributed by atoms with E-state index < -0.39 is 0 Å². The van der Waals surface area contributed by atoms with Gasteiger partial charge in [-0.2, -0.15) is 0 Å². The molecule has 0 N–H and O–H groups in total. The summed E-state index contributed by atoms with van der Waals surface area (Å²) in [4.78, 5) is 12.1. The summed E-state index contributed by atoms with van der Waals surface area (Å²) in [5, 5.41) is 0. The Morgan fingerprint density at radius 3 is 2.83 bits per heavy atom. The minimum Gasteiger partial charge on any atom is -0.497 e. The van der Waals surface area contributed by atoms with Crippen LogP contribution in [0.3, 0.4) is 0 Å². The maximum absolute atomic E-state index is 12.1. The first-order chi connectivity index (χ1) is 11.0. The Bertz CT molecular complexity index is 687. The van der Waals surface area contributed by atoms with Crippen molar-refractivity contribution >= 4 is 11.4 Å². The molecular weight excluding hydrogens is 284 g/mol. The lowest BCUT2D eigenvalue weighted by molar-refractivity contribution is -0.124. The van der Waals surface area contributed by atoms with Crippen molar-refractivity contribution in [2.45, 2.75) is 46.0 Å². The molecule has 0 aromatic heterocycles. The average Bonchev–Trinajstić information content (AvgIpc) is 2.91. The molecule has 1 aromatic rings. The van der Waals surface area contributed by atoms with Crippen LogP contribution >= 0.6 is 0 Å². The largest absolute Gasteiger partial charge is 0.497 e. The van der Waals surface area contributed by atoms with Gasteiger partial charge in [-0.05, 0) is 85.1 Å². The van der Waals surface area contributed by atoms with E-state index in [0.29, 0.717) is 17.6 Å². The number of carbonyl (C=O) groups excluding carboxylic acids is 1. The van der Waals surface area contributed by atoms with E-state index in [1.807, 2.05) is 0 Å². The molecule has 2 nitrogen and oxygen atoms in total. The van der Waals surface area contributed by atoms with Crippen LogP contribution in [0.15, 0.2) is 24.3 Å². The normalized spacial score (nSPS) is 34.9. The molecule has 0 spiro atoms. The van der Waals surface area contributed by atoms with Crippen molar-refractivity contribution in [1.82, 2.24) is 0 Å². The number of methoxy groups -OCH3 is 1. The van der Waals surface area contributed by atoms with Gasteiger partial charge >= 0.3 is 0 Å². The van der Waals surface area contributed by atoms with Crippen LogP contribution in [0, 0.1) is 23.2 Å². The molecule has 3 aliphatic carbocycles. The van der Waals surface area contributed by atoms with Gasteiger partial charge in [-0.1, -0.05) is 19.1 Å². The summed E-state index contributed by atoms with van der Waals surface area (Å²) in [6.45, 7) is 4.16. The van der Waals surface area contributed by atoms with E-state index in [0.717, 1.165) is 25.0 Å². The molecule has 0 heterocycles. The summed E-state index contributed by atoms with van der Waals surface area (Å²) in [7, 11) is 1.74. The molecule has 4 rings (SSSR count). The zero-order chi connectivity index (χ0) is 16.2. The Kier molecular flexibility index (Phi) is 3.40. The summed E-state index contributed by atoms with van der Waals surface area (Å²) in [6.07, 6.45) is 8.16. The van der Waals surface area contributed by atoms with Crippen LogP contribution in [0.5, 0.6) is 5.75 Å². The fourth-order valence-electron chi connectivity index (χ4n) is 5.75. The highest BCUT2D eigenvalue weighted by atomic mass is 16.5. The van der Waals surface area contributed by atoms with Gasteiger partial charge in [0.1, 0.15) is 11.5 Å². The van der Waals surface area contributed by atoms with Crippen molar-refractivity contribution in [3.05, 3.63) is 35.4 Å². The quantitative estimate of drug-likeness (QED) is 0.793. The van der Waals surface area contributed by atoms with Gasteiger partial charge in [-0.3, -0.25) is 4.79 Å². The summed E-state index contributed by atoms with van der Waals surface area (Å²) in [5.41, 5.74) is 4.58. The fourth-order valence-corrected chi connectivity index (χ4v) is 5.75. The van der Waals surface area contributed by atoms with Crippen molar-refractivity contribution in [3.8, 4) is 5.75 Å². The van der Waals surface area contributed by atoms with E-state index in [9.17, 15) is 4.79 Å².